The second-order valence-corrected chi connectivity index (χ2v) is 6.95. The second-order valence-electron chi connectivity index (χ2n) is 6.13. The summed E-state index contributed by atoms with van der Waals surface area (Å²) in [4.78, 5) is 16.7. The van der Waals surface area contributed by atoms with Gasteiger partial charge in [-0.25, -0.2) is 0 Å². The molecule has 1 aliphatic rings. The fourth-order valence-corrected chi connectivity index (χ4v) is 3.30. The topological polar surface area (TPSA) is 23.6 Å². The average molecular weight is 363 g/mol. The molecule has 0 aliphatic carbocycles. The van der Waals surface area contributed by atoms with E-state index in [0.717, 1.165) is 37.4 Å². The third-order valence-corrected chi connectivity index (χ3v) is 5.08. The molecule has 1 fully saturated rings. The van der Waals surface area contributed by atoms with Crippen molar-refractivity contribution in [3.8, 4) is 0 Å². The maximum atomic E-state index is 12.5. The van der Waals surface area contributed by atoms with Crippen LogP contribution in [0.5, 0.6) is 0 Å². The zero-order valence-electron chi connectivity index (χ0n) is 13.6. The standard InChI is InChI=1S/C19H20Cl2N2O/c1-14-3-2-4-15(11-14)12-19(24)23-9-7-22(8-10-23)16-5-6-17(20)18(21)13-16/h2-6,11,13H,7-10,12H2,1H3. The maximum Gasteiger partial charge on any atom is 0.227 e. The lowest BCUT2D eigenvalue weighted by atomic mass is 10.1. The van der Waals surface area contributed by atoms with E-state index < -0.39 is 0 Å². The van der Waals surface area contributed by atoms with Crippen LogP contribution < -0.4 is 4.90 Å². The molecule has 2 aromatic carbocycles. The predicted octanol–water partition coefficient (Wildman–Crippen LogP) is 4.19. The number of piperazine rings is 1. The smallest absolute Gasteiger partial charge is 0.227 e. The minimum Gasteiger partial charge on any atom is -0.368 e. The number of carbonyl (C=O) groups excluding carboxylic acids is 1. The average Bonchev–Trinajstić information content (AvgIpc) is 2.57. The van der Waals surface area contributed by atoms with Gasteiger partial charge in [-0.3, -0.25) is 4.79 Å². The number of anilines is 1. The van der Waals surface area contributed by atoms with Crippen LogP contribution >= 0.6 is 23.2 Å². The number of halogens is 2. The van der Waals surface area contributed by atoms with Crippen LogP contribution in [-0.4, -0.2) is 37.0 Å². The van der Waals surface area contributed by atoms with Gasteiger partial charge in [0.25, 0.3) is 0 Å². The molecule has 1 saturated heterocycles. The Hall–Kier alpha value is -1.71. The summed E-state index contributed by atoms with van der Waals surface area (Å²) >= 11 is 12.1. The summed E-state index contributed by atoms with van der Waals surface area (Å²) in [6.45, 7) is 5.11. The Balaban J connectivity index is 1.58. The van der Waals surface area contributed by atoms with Crippen LogP contribution in [0.25, 0.3) is 0 Å². The van der Waals surface area contributed by atoms with Crippen LogP contribution in [0, 0.1) is 6.92 Å². The van der Waals surface area contributed by atoms with E-state index >= 15 is 0 Å². The molecule has 3 nitrogen and oxygen atoms in total. The van der Waals surface area contributed by atoms with Gasteiger partial charge in [-0.2, -0.15) is 0 Å². The molecule has 0 atom stereocenters. The van der Waals surface area contributed by atoms with Gasteiger partial charge in [0.15, 0.2) is 0 Å². The lowest BCUT2D eigenvalue weighted by Gasteiger charge is -2.36. The minimum absolute atomic E-state index is 0.189. The molecular formula is C19H20Cl2N2O. The highest BCUT2D eigenvalue weighted by Gasteiger charge is 2.21. The van der Waals surface area contributed by atoms with Gasteiger partial charge in [-0.05, 0) is 30.7 Å². The van der Waals surface area contributed by atoms with Gasteiger partial charge < -0.3 is 9.80 Å². The number of aryl methyl sites for hydroxylation is 1. The van der Waals surface area contributed by atoms with E-state index in [9.17, 15) is 4.79 Å². The summed E-state index contributed by atoms with van der Waals surface area (Å²) in [6.07, 6.45) is 0.467. The summed E-state index contributed by atoms with van der Waals surface area (Å²) in [6, 6.07) is 13.8. The quantitative estimate of drug-likeness (QED) is 0.816. The number of amides is 1. The fraction of sp³-hybridized carbons (Fsp3) is 0.316. The Morgan fingerprint density at radius 1 is 1.00 bits per heavy atom. The molecule has 3 rings (SSSR count). The third kappa shape index (κ3) is 4.03. The molecule has 24 heavy (non-hydrogen) atoms. The summed E-state index contributed by atoms with van der Waals surface area (Å²) in [7, 11) is 0. The molecule has 1 heterocycles. The van der Waals surface area contributed by atoms with E-state index in [-0.39, 0.29) is 5.91 Å². The van der Waals surface area contributed by atoms with Crippen LogP contribution in [0.2, 0.25) is 10.0 Å². The monoisotopic (exact) mass is 362 g/mol. The van der Waals surface area contributed by atoms with Crippen LogP contribution in [0.1, 0.15) is 11.1 Å². The Morgan fingerprint density at radius 3 is 2.42 bits per heavy atom. The number of nitrogens with zero attached hydrogens (tertiary/aromatic N) is 2. The lowest BCUT2D eigenvalue weighted by Crippen LogP contribution is -2.49. The zero-order valence-corrected chi connectivity index (χ0v) is 15.1. The molecule has 0 bridgehead atoms. The van der Waals surface area contributed by atoms with Gasteiger partial charge in [-0.1, -0.05) is 53.0 Å². The molecule has 0 radical (unpaired) electrons. The number of hydrogen-bond acceptors (Lipinski definition) is 2. The van der Waals surface area contributed by atoms with Crippen molar-refractivity contribution in [2.75, 3.05) is 31.1 Å². The molecule has 1 aliphatic heterocycles. The largest absolute Gasteiger partial charge is 0.368 e. The highest BCUT2D eigenvalue weighted by Crippen LogP contribution is 2.27. The van der Waals surface area contributed by atoms with Crippen molar-refractivity contribution >= 4 is 34.8 Å². The first-order valence-corrected chi connectivity index (χ1v) is 8.82. The first-order chi connectivity index (χ1) is 11.5. The van der Waals surface area contributed by atoms with Gasteiger partial charge in [-0.15, -0.1) is 0 Å². The second kappa shape index (κ2) is 7.45. The third-order valence-electron chi connectivity index (χ3n) is 4.34. The highest BCUT2D eigenvalue weighted by molar-refractivity contribution is 6.42. The highest BCUT2D eigenvalue weighted by atomic mass is 35.5. The molecule has 0 saturated carbocycles. The normalized spacial score (nSPS) is 14.8. The Morgan fingerprint density at radius 2 is 1.75 bits per heavy atom. The van der Waals surface area contributed by atoms with Crippen LogP contribution in [0.3, 0.4) is 0 Å². The van der Waals surface area contributed by atoms with Crippen molar-refractivity contribution in [2.45, 2.75) is 13.3 Å². The van der Waals surface area contributed by atoms with Crippen molar-refractivity contribution in [3.63, 3.8) is 0 Å². The molecule has 0 spiro atoms. The number of hydrogen-bond donors (Lipinski definition) is 0. The number of rotatable bonds is 3. The zero-order chi connectivity index (χ0) is 17.1. The minimum atomic E-state index is 0.189. The van der Waals surface area contributed by atoms with Gasteiger partial charge in [0.05, 0.1) is 16.5 Å². The van der Waals surface area contributed by atoms with Crippen LogP contribution in [0.4, 0.5) is 5.69 Å². The van der Waals surface area contributed by atoms with E-state index in [2.05, 4.69) is 11.0 Å². The predicted molar refractivity (Wildman–Crippen MR) is 100 cm³/mol. The molecule has 5 heteroatoms. The first kappa shape index (κ1) is 17.1. The van der Waals surface area contributed by atoms with Crippen molar-refractivity contribution in [1.29, 1.82) is 0 Å². The van der Waals surface area contributed by atoms with E-state index in [1.807, 2.05) is 48.2 Å². The Kier molecular flexibility index (Phi) is 5.32. The molecular weight excluding hydrogens is 343 g/mol. The van der Waals surface area contributed by atoms with Crippen molar-refractivity contribution in [1.82, 2.24) is 4.90 Å². The Labute approximate surface area is 152 Å². The molecule has 126 valence electrons. The van der Waals surface area contributed by atoms with Gasteiger partial charge in [0, 0.05) is 31.9 Å². The summed E-state index contributed by atoms with van der Waals surface area (Å²) in [5.74, 6) is 0.189. The number of benzene rings is 2. The summed E-state index contributed by atoms with van der Waals surface area (Å²) in [5, 5.41) is 1.12. The van der Waals surface area contributed by atoms with E-state index in [1.165, 1.54) is 5.56 Å². The summed E-state index contributed by atoms with van der Waals surface area (Å²) < 4.78 is 0. The van der Waals surface area contributed by atoms with Crippen molar-refractivity contribution < 1.29 is 4.79 Å². The SMILES string of the molecule is Cc1cccc(CC(=O)N2CCN(c3ccc(Cl)c(Cl)c3)CC2)c1. The lowest BCUT2D eigenvalue weighted by molar-refractivity contribution is -0.130. The first-order valence-electron chi connectivity index (χ1n) is 8.06. The summed E-state index contributed by atoms with van der Waals surface area (Å²) in [5.41, 5.74) is 3.31. The van der Waals surface area contributed by atoms with Crippen molar-refractivity contribution in [3.05, 3.63) is 63.6 Å². The van der Waals surface area contributed by atoms with Gasteiger partial charge in [0.1, 0.15) is 0 Å². The van der Waals surface area contributed by atoms with Gasteiger partial charge >= 0.3 is 0 Å². The van der Waals surface area contributed by atoms with E-state index in [1.54, 1.807) is 0 Å². The molecule has 0 unspecified atom stereocenters. The van der Waals surface area contributed by atoms with Crippen LogP contribution in [0.15, 0.2) is 42.5 Å². The molecule has 2 aromatic rings. The van der Waals surface area contributed by atoms with E-state index in [4.69, 9.17) is 23.2 Å². The molecule has 0 N–H and O–H groups in total. The van der Waals surface area contributed by atoms with Crippen molar-refractivity contribution in [2.24, 2.45) is 0 Å². The molecule has 0 aromatic heterocycles. The fourth-order valence-electron chi connectivity index (χ4n) is 3.00. The van der Waals surface area contributed by atoms with Gasteiger partial charge in [0.2, 0.25) is 5.91 Å². The Bertz CT molecular complexity index is 740. The van der Waals surface area contributed by atoms with E-state index in [0.29, 0.717) is 16.5 Å². The maximum absolute atomic E-state index is 12.5. The number of carbonyl (C=O) groups is 1. The molecule has 1 amide bonds. The van der Waals surface area contributed by atoms with Crippen LogP contribution in [-0.2, 0) is 11.2 Å².